The SMILES string of the molecule is COc1ccccc1N1CCN(C(=O)[C@@H](C)N(c2cc(Cl)ccc2Cl)S(C)(=O)=O)CC1. The van der Waals surface area contributed by atoms with Crippen molar-refractivity contribution in [2.24, 2.45) is 0 Å². The number of amides is 1. The van der Waals surface area contributed by atoms with Gasteiger partial charge in [-0.3, -0.25) is 9.10 Å². The van der Waals surface area contributed by atoms with Gasteiger partial charge in [-0.2, -0.15) is 0 Å². The number of para-hydroxylation sites is 2. The van der Waals surface area contributed by atoms with Gasteiger partial charge in [-0.25, -0.2) is 8.42 Å². The molecule has 1 fully saturated rings. The number of carbonyl (C=O) groups is 1. The third kappa shape index (κ3) is 5.19. The van der Waals surface area contributed by atoms with E-state index < -0.39 is 16.1 Å². The first-order chi connectivity index (χ1) is 14.6. The molecule has 2 aromatic rings. The van der Waals surface area contributed by atoms with Gasteiger partial charge in [0.05, 0.1) is 29.8 Å². The second kappa shape index (κ2) is 9.54. The lowest BCUT2D eigenvalue weighted by atomic mass is 10.2. The number of anilines is 2. The molecule has 1 heterocycles. The molecule has 0 radical (unpaired) electrons. The first kappa shape index (κ1) is 23.5. The van der Waals surface area contributed by atoms with Crippen LogP contribution < -0.4 is 13.9 Å². The number of halogens is 2. The molecular formula is C21H25Cl2N3O4S. The van der Waals surface area contributed by atoms with Crippen LogP contribution in [0, 0.1) is 0 Å². The number of carbonyl (C=O) groups excluding carboxylic acids is 1. The van der Waals surface area contributed by atoms with Gasteiger partial charge in [-0.15, -0.1) is 0 Å². The monoisotopic (exact) mass is 485 g/mol. The second-order valence-corrected chi connectivity index (χ2v) is 10.0. The number of piperazine rings is 1. The average molecular weight is 486 g/mol. The van der Waals surface area contributed by atoms with E-state index >= 15 is 0 Å². The highest BCUT2D eigenvalue weighted by Gasteiger charge is 2.34. The van der Waals surface area contributed by atoms with E-state index in [4.69, 9.17) is 27.9 Å². The van der Waals surface area contributed by atoms with Crippen LogP contribution in [0.4, 0.5) is 11.4 Å². The number of sulfonamides is 1. The van der Waals surface area contributed by atoms with Crippen molar-refractivity contribution in [3.05, 3.63) is 52.5 Å². The van der Waals surface area contributed by atoms with E-state index in [1.165, 1.54) is 12.1 Å². The molecule has 1 atom stereocenters. The summed E-state index contributed by atoms with van der Waals surface area (Å²) in [6, 6.07) is 11.3. The van der Waals surface area contributed by atoms with Crippen molar-refractivity contribution >= 4 is 50.5 Å². The van der Waals surface area contributed by atoms with E-state index in [1.54, 1.807) is 25.0 Å². The summed E-state index contributed by atoms with van der Waals surface area (Å²) in [5.74, 6) is 0.482. The Morgan fingerprint density at radius 2 is 1.74 bits per heavy atom. The number of benzene rings is 2. The molecule has 0 bridgehead atoms. The number of ether oxygens (including phenoxy) is 1. The smallest absolute Gasteiger partial charge is 0.246 e. The van der Waals surface area contributed by atoms with Crippen molar-refractivity contribution < 1.29 is 17.9 Å². The van der Waals surface area contributed by atoms with Crippen molar-refractivity contribution in [2.75, 3.05) is 48.7 Å². The minimum Gasteiger partial charge on any atom is -0.495 e. The molecule has 1 saturated heterocycles. The van der Waals surface area contributed by atoms with Gasteiger partial charge in [0.15, 0.2) is 0 Å². The molecule has 0 unspecified atom stereocenters. The predicted molar refractivity (Wildman–Crippen MR) is 125 cm³/mol. The Labute approximate surface area is 193 Å². The van der Waals surface area contributed by atoms with E-state index in [0.717, 1.165) is 22.0 Å². The number of rotatable bonds is 6. The summed E-state index contributed by atoms with van der Waals surface area (Å²) in [5, 5.41) is 0.536. The lowest BCUT2D eigenvalue weighted by Crippen LogP contribution is -2.55. The van der Waals surface area contributed by atoms with E-state index in [0.29, 0.717) is 31.2 Å². The molecular weight excluding hydrogens is 461 g/mol. The Morgan fingerprint density at radius 3 is 2.35 bits per heavy atom. The van der Waals surface area contributed by atoms with Gasteiger partial charge >= 0.3 is 0 Å². The normalized spacial score (nSPS) is 15.5. The van der Waals surface area contributed by atoms with Crippen molar-refractivity contribution in [1.29, 1.82) is 0 Å². The van der Waals surface area contributed by atoms with Crippen molar-refractivity contribution in [3.8, 4) is 5.75 Å². The van der Waals surface area contributed by atoms with Gasteiger partial charge in [0, 0.05) is 31.2 Å². The Balaban J connectivity index is 1.78. The summed E-state index contributed by atoms with van der Waals surface area (Å²) in [6.07, 6.45) is 1.05. The Morgan fingerprint density at radius 1 is 1.10 bits per heavy atom. The number of hydrogen-bond acceptors (Lipinski definition) is 5. The summed E-state index contributed by atoms with van der Waals surface area (Å²) in [5.41, 5.74) is 1.15. The van der Waals surface area contributed by atoms with E-state index in [2.05, 4.69) is 4.90 Å². The van der Waals surface area contributed by atoms with Crippen LogP contribution in [0.2, 0.25) is 10.0 Å². The molecule has 1 aliphatic rings. The molecule has 0 aromatic heterocycles. The highest BCUT2D eigenvalue weighted by molar-refractivity contribution is 7.92. The lowest BCUT2D eigenvalue weighted by molar-refractivity contribution is -0.132. The van der Waals surface area contributed by atoms with Gasteiger partial charge in [-0.1, -0.05) is 35.3 Å². The van der Waals surface area contributed by atoms with Crippen LogP contribution in [-0.2, 0) is 14.8 Å². The maximum atomic E-state index is 13.2. The Hall–Kier alpha value is -2.16. The van der Waals surface area contributed by atoms with E-state index in [1.807, 2.05) is 24.3 Å². The topological polar surface area (TPSA) is 70.2 Å². The molecule has 0 N–H and O–H groups in total. The third-order valence-corrected chi connectivity index (χ3v) is 7.01. The first-order valence-electron chi connectivity index (χ1n) is 9.74. The van der Waals surface area contributed by atoms with Gasteiger partial charge in [0.1, 0.15) is 11.8 Å². The van der Waals surface area contributed by atoms with Crippen LogP contribution in [0.3, 0.4) is 0 Å². The van der Waals surface area contributed by atoms with E-state index in [9.17, 15) is 13.2 Å². The summed E-state index contributed by atoms with van der Waals surface area (Å²) in [4.78, 5) is 17.0. The van der Waals surface area contributed by atoms with Crippen molar-refractivity contribution in [2.45, 2.75) is 13.0 Å². The second-order valence-electron chi connectivity index (χ2n) is 7.31. The van der Waals surface area contributed by atoms with Gasteiger partial charge in [-0.05, 0) is 37.3 Å². The van der Waals surface area contributed by atoms with Crippen LogP contribution in [0.1, 0.15) is 6.92 Å². The lowest BCUT2D eigenvalue weighted by Gasteiger charge is -2.39. The van der Waals surface area contributed by atoms with Crippen LogP contribution >= 0.6 is 23.2 Å². The van der Waals surface area contributed by atoms with Crippen molar-refractivity contribution in [3.63, 3.8) is 0 Å². The molecule has 10 heteroatoms. The third-order valence-electron chi connectivity index (χ3n) is 5.23. The molecule has 1 aliphatic heterocycles. The molecule has 3 rings (SSSR count). The van der Waals surface area contributed by atoms with Gasteiger partial charge in [0.25, 0.3) is 0 Å². The number of hydrogen-bond donors (Lipinski definition) is 0. The summed E-state index contributed by atoms with van der Waals surface area (Å²) in [6.45, 7) is 3.70. The Kier molecular flexibility index (Phi) is 7.24. The van der Waals surface area contributed by atoms with Crippen LogP contribution in [-0.4, -0.2) is 64.8 Å². The van der Waals surface area contributed by atoms with Gasteiger partial charge in [0.2, 0.25) is 15.9 Å². The quantitative estimate of drug-likeness (QED) is 0.625. The molecule has 7 nitrogen and oxygen atoms in total. The predicted octanol–water partition coefficient (Wildman–Crippen LogP) is 3.51. The largest absolute Gasteiger partial charge is 0.495 e. The molecule has 0 saturated carbocycles. The summed E-state index contributed by atoms with van der Waals surface area (Å²) < 4.78 is 31.6. The highest BCUT2D eigenvalue weighted by atomic mass is 35.5. The van der Waals surface area contributed by atoms with Crippen LogP contribution in [0.15, 0.2) is 42.5 Å². The zero-order chi connectivity index (χ0) is 22.8. The van der Waals surface area contributed by atoms with E-state index in [-0.39, 0.29) is 16.6 Å². The zero-order valence-electron chi connectivity index (χ0n) is 17.6. The maximum Gasteiger partial charge on any atom is 0.246 e. The molecule has 168 valence electrons. The highest BCUT2D eigenvalue weighted by Crippen LogP contribution is 2.33. The van der Waals surface area contributed by atoms with Crippen LogP contribution in [0.5, 0.6) is 5.75 Å². The molecule has 1 amide bonds. The molecule has 31 heavy (non-hydrogen) atoms. The average Bonchev–Trinajstić information content (AvgIpc) is 2.75. The maximum absolute atomic E-state index is 13.2. The molecule has 2 aromatic carbocycles. The number of nitrogens with zero attached hydrogens (tertiary/aromatic N) is 3. The Bertz CT molecular complexity index is 1060. The van der Waals surface area contributed by atoms with Gasteiger partial charge < -0.3 is 14.5 Å². The first-order valence-corrected chi connectivity index (χ1v) is 12.3. The number of methoxy groups -OCH3 is 1. The summed E-state index contributed by atoms with van der Waals surface area (Å²) >= 11 is 12.3. The fourth-order valence-electron chi connectivity index (χ4n) is 3.75. The zero-order valence-corrected chi connectivity index (χ0v) is 19.9. The fraction of sp³-hybridized carbons (Fsp3) is 0.381. The standard InChI is InChI=1S/C21H25Cl2N3O4S/c1-15(26(31(3,28)29)19-14-16(22)8-9-17(19)23)21(27)25-12-10-24(11-13-25)18-6-4-5-7-20(18)30-2/h4-9,14-15H,10-13H2,1-3H3/t15-/m1/s1. The van der Waals surface area contributed by atoms with Crippen molar-refractivity contribution in [1.82, 2.24) is 4.90 Å². The molecule has 0 aliphatic carbocycles. The molecule has 0 spiro atoms. The minimum absolute atomic E-state index is 0.185. The fourth-order valence-corrected chi connectivity index (χ4v) is 5.35. The van der Waals surface area contributed by atoms with Crippen LogP contribution in [0.25, 0.3) is 0 Å². The minimum atomic E-state index is -3.79. The summed E-state index contributed by atoms with van der Waals surface area (Å²) in [7, 11) is -2.16.